The van der Waals surface area contributed by atoms with Crippen LogP contribution < -0.4 is 15.4 Å². The molecule has 0 saturated carbocycles. The summed E-state index contributed by atoms with van der Waals surface area (Å²) < 4.78 is 5.86. The summed E-state index contributed by atoms with van der Waals surface area (Å²) in [6, 6.07) is 16.8. The quantitative estimate of drug-likeness (QED) is 0.795. The maximum Gasteiger partial charge on any atom is 0.224 e. The summed E-state index contributed by atoms with van der Waals surface area (Å²) in [6.07, 6.45) is 4.94. The van der Waals surface area contributed by atoms with Crippen LogP contribution in [0.15, 0.2) is 48.5 Å². The van der Waals surface area contributed by atoms with Crippen LogP contribution in [0, 0.1) is 0 Å². The van der Waals surface area contributed by atoms with Crippen molar-refractivity contribution in [2.24, 2.45) is 0 Å². The number of hydrogen-bond acceptors (Lipinski definition) is 3. The van der Waals surface area contributed by atoms with Gasteiger partial charge in [-0.3, -0.25) is 4.79 Å². The van der Waals surface area contributed by atoms with Crippen molar-refractivity contribution in [2.75, 3.05) is 0 Å². The molecule has 2 aliphatic rings. The highest BCUT2D eigenvalue weighted by Crippen LogP contribution is 2.27. The fourth-order valence-electron chi connectivity index (χ4n) is 4.16. The molecule has 2 fully saturated rings. The van der Waals surface area contributed by atoms with E-state index in [1.54, 1.807) is 0 Å². The van der Waals surface area contributed by atoms with Crippen molar-refractivity contribution in [3.63, 3.8) is 0 Å². The molecule has 4 nitrogen and oxygen atoms in total. The van der Waals surface area contributed by atoms with E-state index in [9.17, 15) is 4.79 Å². The number of fused-ring (bicyclic) bond motifs is 2. The zero-order chi connectivity index (χ0) is 18.6. The third-order valence-electron chi connectivity index (χ3n) is 5.45. The van der Waals surface area contributed by atoms with Gasteiger partial charge in [-0.1, -0.05) is 41.9 Å². The van der Waals surface area contributed by atoms with E-state index in [4.69, 9.17) is 16.3 Å². The van der Waals surface area contributed by atoms with E-state index in [0.29, 0.717) is 36.2 Å². The predicted octanol–water partition coefficient (Wildman–Crippen LogP) is 3.86. The summed E-state index contributed by atoms with van der Waals surface area (Å²) >= 11 is 6.17. The summed E-state index contributed by atoms with van der Waals surface area (Å²) in [5.41, 5.74) is 1.91. The molecule has 2 aliphatic heterocycles. The summed E-state index contributed by atoms with van der Waals surface area (Å²) in [6.45, 7) is 0.410. The molecule has 0 aromatic heterocycles. The van der Waals surface area contributed by atoms with Gasteiger partial charge in [0.2, 0.25) is 5.91 Å². The van der Waals surface area contributed by atoms with E-state index in [1.807, 2.05) is 48.5 Å². The van der Waals surface area contributed by atoms with Gasteiger partial charge in [-0.2, -0.15) is 0 Å². The third kappa shape index (κ3) is 4.82. The lowest BCUT2D eigenvalue weighted by Crippen LogP contribution is -2.48. The Labute approximate surface area is 165 Å². The molecule has 0 aliphatic carbocycles. The molecule has 2 bridgehead atoms. The van der Waals surface area contributed by atoms with Gasteiger partial charge in [-0.25, -0.2) is 0 Å². The Kier molecular flexibility index (Phi) is 5.65. The molecule has 2 aromatic carbocycles. The first-order valence-corrected chi connectivity index (χ1v) is 10.0. The van der Waals surface area contributed by atoms with Crippen molar-refractivity contribution in [1.29, 1.82) is 0 Å². The second kappa shape index (κ2) is 8.32. The molecular formula is C22H25ClN2O2. The Morgan fingerprint density at radius 2 is 1.89 bits per heavy atom. The van der Waals surface area contributed by atoms with Crippen molar-refractivity contribution in [3.05, 3.63) is 64.7 Å². The number of piperidine rings is 1. The van der Waals surface area contributed by atoms with Gasteiger partial charge in [0.25, 0.3) is 0 Å². The number of halogens is 1. The Balaban J connectivity index is 1.31. The molecule has 1 amide bonds. The van der Waals surface area contributed by atoms with Crippen LogP contribution >= 0.6 is 11.6 Å². The first-order chi connectivity index (χ1) is 13.2. The van der Waals surface area contributed by atoms with E-state index in [2.05, 4.69) is 10.6 Å². The van der Waals surface area contributed by atoms with Crippen LogP contribution in [0.25, 0.3) is 0 Å². The number of amides is 1. The minimum absolute atomic E-state index is 0.0875. The number of carbonyl (C=O) groups excluding carboxylic acids is 1. The van der Waals surface area contributed by atoms with Gasteiger partial charge in [0.15, 0.2) is 0 Å². The molecule has 2 unspecified atom stereocenters. The summed E-state index contributed by atoms with van der Waals surface area (Å²) in [7, 11) is 0. The molecule has 4 rings (SSSR count). The molecular weight excluding hydrogens is 360 g/mol. The van der Waals surface area contributed by atoms with E-state index in [0.717, 1.165) is 29.7 Å². The SMILES string of the molecule is O=C(Cc1cccc(OCc2ccccc2Cl)c1)NC1CC2CCC(C1)N2. The van der Waals surface area contributed by atoms with E-state index in [-0.39, 0.29) is 5.91 Å². The lowest BCUT2D eigenvalue weighted by molar-refractivity contribution is -0.121. The summed E-state index contributed by atoms with van der Waals surface area (Å²) in [5, 5.41) is 7.52. The maximum absolute atomic E-state index is 12.5. The minimum Gasteiger partial charge on any atom is -0.489 e. The van der Waals surface area contributed by atoms with Crippen LogP contribution in [0.2, 0.25) is 5.02 Å². The number of nitrogens with one attached hydrogen (secondary N) is 2. The largest absolute Gasteiger partial charge is 0.489 e. The Bertz CT molecular complexity index is 798. The Morgan fingerprint density at radius 3 is 2.67 bits per heavy atom. The van der Waals surface area contributed by atoms with Crippen molar-refractivity contribution >= 4 is 17.5 Å². The lowest BCUT2D eigenvalue weighted by Gasteiger charge is -2.29. The zero-order valence-corrected chi connectivity index (χ0v) is 16.0. The average molecular weight is 385 g/mol. The fourth-order valence-corrected chi connectivity index (χ4v) is 4.35. The topological polar surface area (TPSA) is 50.4 Å². The minimum atomic E-state index is 0.0875. The normalized spacial score (nSPS) is 23.8. The van der Waals surface area contributed by atoms with Crippen LogP contribution in [0.5, 0.6) is 5.75 Å². The van der Waals surface area contributed by atoms with Crippen LogP contribution in [-0.2, 0) is 17.8 Å². The fraction of sp³-hybridized carbons (Fsp3) is 0.409. The van der Waals surface area contributed by atoms with Crippen LogP contribution in [0.4, 0.5) is 0 Å². The van der Waals surface area contributed by atoms with Gasteiger partial charge >= 0.3 is 0 Å². The molecule has 0 spiro atoms. The molecule has 2 aromatic rings. The lowest BCUT2D eigenvalue weighted by atomic mass is 9.99. The molecule has 5 heteroatoms. The van der Waals surface area contributed by atoms with Gasteiger partial charge in [0, 0.05) is 28.7 Å². The second-order valence-corrected chi connectivity index (χ2v) is 7.99. The van der Waals surface area contributed by atoms with Crippen LogP contribution in [-0.4, -0.2) is 24.0 Å². The van der Waals surface area contributed by atoms with E-state index in [1.165, 1.54) is 12.8 Å². The first-order valence-electron chi connectivity index (χ1n) is 9.66. The third-order valence-corrected chi connectivity index (χ3v) is 5.82. The molecule has 2 N–H and O–H groups in total. The van der Waals surface area contributed by atoms with Gasteiger partial charge in [-0.05, 0) is 49.4 Å². The van der Waals surface area contributed by atoms with Crippen molar-refractivity contribution in [3.8, 4) is 5.75 Å². The van der Waals surface area contributed by atoms with Crippen LogP contribution in [0.1, 0.15) is 36.8 Å². The number of carbonyl (C=O) groups is 1. The number of benzene rings is 2. The number of rotatable bonds is 6. The van der Waals surface area contributed by atoms with Crippen molar-refractivity contribution in [2.45, 2.75) is 56.8 Å². The molecule has 142 valence electrons. The van der Waals surface area contributed by atoms with E-state index < -0.39 is 0 Å². The zero-order valence-electron chi connectivity index (χ0n) is 15.3. The van der Waals surface area contributed by atoms with Gasteiger partial charge in [-0.15, -0.1) is 0 Å². The van der Waals surface area contributed by atoms with Gasteiger partial charge in [0.1, 0.15) is 12.4 Å². The molecule has 2 heterocycles. The number of ether oxygens (including phenoxy) is 1. The molecule has 2 atom stereocenters. The summed E-state index contributed by atoms with van der Waals surface area (Å²) in [4.78, 5) is 12.5. The van der Waals surface area contributed by atoms with Gasteiger partial charge < -0.3 is 15.4 Å². The Morgan fingerprint density at radius 1 is 1.11 bits per heavy atom. The second-order valence-electron chi connectivity index (χ2n) is 7.58. The van der Waals surface area contributed by atoms with Crippen LogP contribution in [0.3, 0.4) is 0 Å². The summed E-state index contributed by atoms with van der Waals surface area (Å²) in [5.74, 6) is 0.838. The molecule has 27 heavy (non-hydrogen) atoms. The predicted molar refractivity (Wildman–Crippen MR) is 107 cm³/mol. The number of hydrogen-bond donors (Lipinski definition) is 2. The average Bonchev–Trinajstić information content (AvgIpc) is 2.99. The highest BCUT2D eigenvalue weighted by molar-refractivity contribution is 6.31. The monoisotopic (exact) mass is 384 g/mol. The Hall–Kier alpha value is -2.04. The van der Waals surface area contributed by atoms with Crippen molar-refractivity contribution < 1.29 is 9.53 Å². The van der Waals surface area contributed by atoms with Gasteiger partial charge in [0.05, 0.1) is 6.42 Å². The maximum atomic E-state index is 12.5. The van der Waals surface area contributed by atoms with E-state index >= 15 is 0 Å². The smallest absolute Gasteiger partial charge is 0.224 e. The first kappa shape index (κ1) is 18.3. The highest BCUT2D eigenvalue weighted by Gasteiger charge is 2.33. The van der Waals surface area contributed by atoms with Crippen molar-refractivity contribution in [1.82, 2.24) is 10.6 Å². The standard InChI is InChI=1S/C22H25ClN2O2/c23-21-7-2-1-5-16(21)14-27-20-6-3-4-15(10-20)11-22(26)25-19-12-17-8-9-18(13-19)24-17/h1-7,10,17-19,24H,8-9,11-14H2,(H,25,26). The molecule has 2 saturated heterocycles. The molecule has 0 radical (unpaired) electrons. The highest BCUT2D eigenvalue weighted by atomic mass is 35.5.